The zero-order chi connectivity index (χ0) is 20.1. The van der Waals surface area contributed by atoms with Gasteiger partial charge >= 0.3 is 17.9 Å². The van der Waals surface area contributed by atoms with Crippen molar-refractivity contribution in [1.29, 1.82) is 0 Å². The average Bonchev–Trinajstić information content (AvgIpc) is 2.87. The highest BCUT2D eigenvalue weighted by Gasteiger charge is 2.46. The van der Waals surface area contributed by atoms with Crippen LogP contribution >= 0.6 is 0 Å². The maximum Gasteiger partial charge on any atom is 0.334 e. The minimum Gasteiger partial charge on any atom is -0.466 e. The summed E-state index contributed by atoms with van der Waals surface area (Å²) >= 11 is 0. The van der Waals surface area contributed by atoms with Gasteiger partial charge in [0.25, 0.3) is 0 Å². The highest BCUT2D eigenvalue weighted by Crippen LogP contribution is 2.36. The van der Waals surface area contributed by atoms with E-state index in [-0.39, 0.29) is 30.1 Å². The molecule has 0 aromatic heterocycles. The number of hydrogen-bond donors (Lipinski definition) is 0. The molecule has 0 unspecified atom stereocenters. The van der Waals surface area contributed by atoms with Crippen molar-refractivity contribution in [2.75, 3.05) is 7.11 Å². The maximum atomic E-state index is 12.2. The highest BCUT2D eigenvalue weighted by molar-refractivity contribution is 5.92. The molecule has 3 atom stereocenters. The molecule has 7 heteroatoms. The summed E-state index contributed by atoms with van der Waals surface area (Å²) in [4.78, 5) is 48.7. The van der Waals surface area contributed by atoms with Crippen LogP contribution in [0.3, 0.4) is 0 Å². The molecular formula is C20H26O7. The fraction of sp³-hybridized carbons (Fsp3) is 0.600. The van der Waals surface area contributed by atoms with Crippen LogP contribution in [0.1, 0.15) is 46.0 Å². The molecule has 0 radical (unpaired) electrons. The monoisotopic (exact) mass is 378 g/mol. The SMILES string of the molecule is C=C1C(=O)O[C@@H]2CC(=O)CCC/C=C(/C(=O)OC)C[C@@H](OC(=O)C(C)C)[C@@H]12. The van der Waals surface area contributed by atoms with Crippen LogP contribution < -0.4 is 0 Å². The average molecular weight is 378 g/mol. The van der Waals surface area contributed by atoms with E-state index in [9.17, 15) is 19.2 Å². The van der Waals surface area contributed by atoms with E-state index < -0.39 is 36.0 Å². The van der Waals surface area contributed by atoms with Crippen molar-refractivity contribution in [3.8, 4) is 0 Å². The van der Waals surface area contributed by atoms with Crippen LogP contribution in [0.15, 0.2) is 23.8 Å². The van der Waals surface area contributed by atoms with Crippen molar-refractivity contribution < 1.29 is 33.4 Å². The Morgan fingerprint density at radius 2 is 1.96 bits per heavy atom. The van der Waals surface area contributed by atoms with Gasteiger partial charge in [0.15, 0.2) is 0 Å². The third-order valence-corrected chi connectivity index (χ3v) is 4.81. The normalized spacial score (nSPS) is 28.5. The summed E-state index contributed by atoms with van der Waals surface area (Å²) in [5.74, 6) is -2.72. The Labute approximate surface area is 158 Å². The molecule has 1 heterocycles. The van der Waals surface area contributed by atoms with E-state index in [4.69, 9.17) is 14.2 Å². The second kappa shape index (κ2) is 8.97. The Bertz CT molecular complexity index is 674. The number of carbonyl (C=O) groups excluding carboxylic acids is 4. The largest absolute Gasteiger partial charge is 0.466 e. The maximum absolute atomic E-state index is 12.2. The van der Waals surface area contributed by atoms with Crippen molar-refractivity contribution in [2.24, 2.45) is 11.8 Å². The third-order valence-electron chi connectivity index (χ3n) is 4.81. The van der Waals surface area contributed by atoms with Gasteiger partial charge in [0.2, 0.25) is 0 Å². The minimum absolute atomic E-state index is 0.0404. The van der Waals surface area contributed by atoms with Crippen molar-refractivity contribution in [1.82, 2.24) is 0 Å². The molecule has 0 bridgehead atoms. The predicted octanol–water partition coefficient (Wildman–Crippen LogP) is 2.28. The number of esters is 3. The molecule has 1 fully saturated rings. The second-order valence-corrected chi connectivity index (χ2v) is 7.18. The van der Waals surface area contributed by atoms with Crippen LogP contribution in [0.2, 0.25) is 0 Å². The molecule has 2 rings (SSSR count). The lowest BCUT2D eigenvalue weighted by atomic mass is 9.85. The Hall–Kier alpha value is -2.44. The van der Waals surface area contributed by atoms with E-state index in [1.807, 2.05) is 0 Å². The second-order valence-electron chi connectivity index (χ2n) is 7.18. The van der Waals surface area contributed by atoms with Crippen LogP contribution in [0, 0.1) is 11.8 Å². The molecule has 27 heavy (non-hydrogen) atoms. The molecule has 1 aliphatic heterocycles. The van der Waals surface area contributed by atoms with E-state index in [2.05, 4.69) is 6.58 Å². The fourth-order valence-corrected chi connectivity index (χ4v) is 3.31. The Morgan fingerprint density at radius 3 is 2.59 bits per heavy atom. The number of carbonyl (C=O) groups is 4. The molecule has 0 amide bonds. The summed E-state index contributed by atoms with van der Waals surface area (Å²) in [5.41, 5.74) is 0.497. The molecule has 0 aromatic carbocycles. The molecular weight excluding hydrogens is 352 g/mol. The van der Waals surface area contributed by atoms with Gasteiger partial charge in [0.1, 0.15) is 18.0 Å². The summed E-state index contributed by atoms with van der Waals surface area (Å²) in [5, 5.41) is 0. The van der Waals surface area contributed by atoms with Crippen molar-refractivity contribution in [3.63, 3.8) is 0 Å². The van der Waals surface area contributed by atoms with Gasteiger partial charge in [-0.1, -0.05) is 26.5 Å². The van der Waals surface area contributed by atoms with E-state index in [0.717, 1.165) is 0 Å². The van der Waals surface area contributed by atoms with E-state index >= 15 is 0 Å². The molecule has 1 aliphatic carbocycles. The molecule has 2 aliphatic rings. The van der Waals surface area contributed by atoms with E-state index in [0.29, 0.717) is 24.8 Å². The standard InChI is InChI=1S/C20H26O7/c1-11(2)18(22)26-15-9-13(20(24)25-4)7-5-6-8-14(21)10-16-17(15)12(3)19(23)27-16/h7,11,15-17H,3,5-6,8-10H2,1-2,4H3/b13-7+/t15-,16-,17-/m1/s1. The van der Waals surface area contributed by atoms with Crippen LogP contribution in [-0.2, 0) is 33.4 Å². The third kappa shape index (κ3) is 5.05. The summed E-state index contributed by atoms with van der Waals surface area (Å²) in [6.45, 7) is 7.16. The number of hydrogen-bond acceptors (Lipinski definition) is 7. The predicted molar refractivity (Wildman–Crippen MR) is 95.4 cm³/mol. The van der Waals surface area contributed by atoms with Gasteiger partial charge in [-0.15, -0.1) is 0 Å². The minimum atomic E-state index is -0.847. The first kappa shape index (κ1) is 20.9. The lowest BCUT2D eigenvalue weighted by Crippen LogP contribution is -2.36. The van der Waals surface area contributed by atoms with E-state index in [1.54, 1.807) is 19.9 Å². The van der Waals surface area contributed by atoms with Crippen LogP contribution in [0.4, 0.5) is 0 Å². The lowest BCUT2D eigenvalue weighted by molar-refractivity contribution is -0.157. The first-order valence-electron chi connectivity index (χ1n) is 9.13. The Morgan fingerprint density at radius 1 is 1.26 bits per heavy atom. The molecule has 7 nitrogen and oxygen atoms in total. The number of allylic oxidation sites excluding steroid dienone is 1. The van der Waals surface area contributed by atoms with Gasteiger partial charge in [-0.2, -0.15) is 0 Å². The topological polar surface area (TPSA) is 96.0 Å². The highest BCUT2D eigenvalue weighted by atomic mass is 16.6. The summed E-state index contributed by atoms with van der Waals surface area (Å²) in [6.07, 6.45) is 1.62. The number of rotatable bonds is 3. The zero-order valence-corrected chi connectivity index (χ0v) is 16.0. The Kier molecular flexibility index (Phi) is 6.93. The number of fused-ring (bicyclic) bond motifs is 1. The first-order chi connectivity index (χ1) is 12.7. The van der Waals surface area contributed by atoms with Gasteiger partial charge in [-0.3, -0.25) is 9.59 Å². The van der Waals surface area contributed by atoms with Crippen LogP contribution in [0.5, 0.6) is 0 Å². The van der Waals surface area contributed by atoms with Gasteiger partial charge < -0.3 is 14.2 Å². The smallest absolute Gasteiger partial charge is 0.334 e. The van der Waals surface area contributed by atoms with Gasteiger partial charge in [0.05, 0.1) is 18.9 Å². The zero-order valence-electron chi connectivity index (χ0n) is 16.0. The fourth-order valence-electron chi connectivity index (χ4n) is 3.31. The number of methoxy groups -OCH3 is 1. The van der Waals surface area contributed by atoms with Gasteiger partial charge in [-0.25, -0.2) is 9.59 Å². The summed E-state index contributed by atoms with van der Waals surface area (Å²) in [7, 11) is 1.27. The molecule has 0 spiro atoms. The van der Waals surface area contributed by atoms with Gasteiger partial charge in [-0.05, 0) is 12.8 Å². The first-order valence-corrected chi connectivity index (χ1v) is 9.13. The lowest BCUT2D eigenvalue weighted by Gasteiger charge is -2.27. The summed E-state index contributed by atoms with van der Waals surface area (Å²) in [6, 6.07) is 0. The Balaban J connectivity index is 2.43. The molecule has 0 saturated carbocycles. The molecule has 148 valence electrons. The van der Waals surface area contributed by atoms with E-state index in [1.165, 1.54) is 7.11 Å². The molecule has 1 saturated heterocycles. The quantitative estimate of drug-likeness (QED) is 0.422. The van der Waals surface area contributed by atoms with Crippen molar-refractivity contribution in [2.45, 2.75) is 58.2 Å². The summed E-state index contributed by atoms with van der Waals surface area (Å²) < 4.78 is 15.8. The van der Waals surface area contributed by atoms with Crippen molar-refractivity contribution >= 4 is 23.7 Å². The van der Waals surface area contributed by atoms with Gasteiger partial charge in [0, 0.05) is 30.4 Å². The number of ketones is 1. The number of Topliss-reactive ketones (excluding diaryl/α,β-unsaturated/α-hetero) is 1. The van der Waals surface area contributed by atoms with Crippen LogP contribution in [-0.4, -0.2) is 43.0 Å². The number of ether oxygens (including phenoxy) is 3. The molecule has 0 aromatic rings. The van der Waals surface area contributed by atoms with Crippen molar-refractivity contribution in [3.05, 3.63) is 23.8 Å². The van der Waals surface area contributed by atoms with Crippen LogP contribution in [0.25, 0.3) is 0 Å². The molecule has 0 N–H and O–H groups in total.